The Balaban J connectivity index is 2.74. The van der Waals surface area contributed by atoms with E-state index in [0.29, 0.717) is 56.4 Å². The fourth-order valence-electron chi connectivity index (χ4n) is 3.93. The van der Waals surface area contributed by atoms with Gasteiger partial charge in [0.25, 0.3) is 0 Å². The van der Waals surface area contributed by atoms with Crippen LogP contribution in [0, 0.1) is 25.5 Å². The highest BCUT2D eigenvalue weighted by Gasteiger charge is 2.27. The van der Waals surface area contributed by atoms with Gasteiger partial charge in [-0.3, -0.25) is 0 Å². The van der Waals surface area contributed by atoms with E-state index >= 15 is 0 Å². The molecule has 0 aromatic heterocycles. The third-order valence-corrected chi connectivity index (χ3v) is 10.1. The molecule has 0 bridgehead atoms. The Morgan fingerprint density at radius 2 is 0.844 bits per heavy atom. The molecule has 0 saturated heterocycles. The molecule has 0 N–H and O–H groups in total. The topological polar surface area (TPSA) is 18.5 Å². The average molecular weight is 483 g/mol. The number of rotatable bonds is 9. The van der Waals surface area contributed by atoms with Crippen LogP contribution in [0.15, 0.2) is 24.3 Å². The van der Waals surface area contributed by atoms with E-state index in [0.717, 1.165) is 0 Å². The molecule has 2 rings (SSSR count). The molecule has 0 aliphatic carbocycles. The summed E-state index contributed by atoms with van der Waals surface area (Å²) in [5.41, 5.74) is 3.86. The molecule has 0 spiro atoms. The van der Waals surface area contributed by atoms with E-state index in [9.17, 15) is 8.78 Å². The Bertz CT molecular complexity index is 835. The Morgan fingerprint density at radius 3 is 1.09 bits per heavy atom. The molecule has 0 fully saturated rings. The van der Waals surface area contributed by atoms with Crippen molar-refractivity contribution < 1.29 is 17.8 Å². The Hall–Kier alpha value is -1.24. The predicted molar refractivity (Wildman–Crippen MR) is 137 cm³/mol. The second-order valence-electron chi connectivity index (χ2n) is 9.48. The Morgan fingerprint density at radius 1 is 0.562 bits per heavy atom. The Labute approximate surface area is 195 Å². The normalized spacial score (nSPS) is 12.2. The van der Waals surface area contributed by atoms with Gasteiger partial charge in [-0.15, -0.1) is 0 Å². The molecule has 0 amide bonds. The predicted octanol–water partition coefficient (Wildman–Crippen LogP) is 9.43. The maximum absolute atomic E-state index is 14.6. The fourth-order valence-corrected chi connectivity index (χ4v) is 8.06. The second-order valence-corrected chi connectivity index (χ2v) is 15.4. The lowest BCUT2D eigenvalue weighted by Gasteiger charge is -2.30. The monoisotopic (exact) mass is 482 g/mol. The van der Waals surface area contributed by atoms with Gasteiger partial charge in [0, 0.05) is 33.8 Å². The fraction of sp³-hybridized carbons (Fsp3) is 0.538. The van der Waals surface area contributed by atoms with E-state index in [1.807, 2.05) is 13.8 Å². The van der Waals surface area contributed by atoms with Crippen LogP contribution in [-0.4, -0.2) is 22.6 Å². The van der Waals surface area contributed by atoms with E-state index in [-0.39, 0.29) is 11.6 Å². The molecule has 2 aromatic carbocycles. The van der Waals surface area contributed by atoms with Gasteiger partial charge in [-0.2, -0.15) is 0 Å². The summed E-state index contributed by atoms with van der Waals surface area (Å²) in [7, 11) is -1.61. The molecule has 178 valence electrons. The highest BCUT2D eigenvalue weighted by Crippen LogP contribution is 2.54. The first-order valence-electron chi connectivity index (χ1n) is 11.4. The SMILES string of the molecule is Cc1cc(F)cc(-c2cc(F)cc(C)c2OP(C(C)C)C(C)C)c1OP(C(C)C)C(C)C. The summed E-state index contributed by atoms with van der Waals surface area (Å²) in [4.78, 5) is 0. The van der Waals surface area contributed by atoms with Crippen molar-refractivity contribution in [2.75, 3.05) is 0 Å². The molecule has 0 unspecified atom stereocenters. The van der Waals surface area contributed by atoms with Gasteiger partial charge >= 0.3 is 0 Å². The number of aryl methyl sites for hydroxylation is 2. The quantitative estimate of drug-likeness (QED) is 0.331. The van der Waals surface area contributed by atoms with Crippen LogP contribution >= 0.6 is 16.3 Å². The molecule has 2 nitrogen and oxygen atoms in total. The van der Waals surface area contributed by atoms with E-state index in [1.165, 1.54) is 24.3 Å². The molecule has 32 heavy (non-hydrogen) atoms. The molecule has 6 heteroatoms. The molecule has 0 radical (unpaired) electrons. The maximum atomic E-state index is 14.6. The number of hydrogen-bond donors (Lipinski definition) is 0. The van der Waals surface area contributed by atoms with Crippen LogP contribution in [0.25, 0.3) is 11.1 Å². The van der Waals surface area contributed by atoms with E-state index < -0.39 is 16.3 Å². The van der Waals surface area contributed by atoms with E-state index in [1.54, 1.807) is 0 Å². The van der Waals surface area contributed by atoms with Gasteiger partial charge < -0.3 is 9.05 Å². The van der Waals surface area contributed by atoms with Crippen molar-refractivity contribution in [3.05, 3.63) is 47.0 Å². The standard InChI is InChI=1S/C26H38F2O2P2/c1-15(2)31(16(3)4)29-25-19(9)11-21(27)13-23(25)24-14-22(28)12-20(10)26(24)30-32(17(5)6)18(7)8/h11-18H,1-10H3. The number of hydrogen-bond acceptors (Lipinski definition) is 2. The summed E-state index contributed by atoms with van der Waals surface area (Å²) in [5.74, 6) is 0.499. The molecule has 2 aromatic rings. The minimum Gasteiger partial charge on any atom is -0.473 e. The van der Waals surface area contributed by atoms with Gasteiger partial charge in [-0.25, -0.2) is 8.78 Å². The Kier molecular flexibility index (Phi) is 9.50. The summed E-state index contributed by atoms with van der Waals surface area (Å²) in [6, 6.07) is 5.86. The minimum atomic E-state index is -0.803. The molecule has 0 heterocycles. The zero-order valence-corrected chi connectivity index (χ0v) is 22.9. The van der Waals surface area contributed by atoms with Crippen LogP contribution in [0.1, 0.15) is 66.5 Å². The lowest BCUT2D eigenvalue weighted by molar-refractivity contribution is 0.570. The molecular formula is C26H38F2O2P2. The summed E-state index contributed by atoms with van der Waals surface area (Å²) < 4.78 is 42.4. The highest BCUT2D eigenvalue weighted by molar-refractivity contribution is 7.54. The largest absolute Gasteiger partial charge is 0.473 e. The number of benzene rings is 2. The van der Waals surface area contributed by atoms with Crippen LogP contribution in [0.5, 0.6) is 11.5 Å². The van der Waals surface area contributed by atoms with Crippen molar-refractivity contribution in [3.8, 4) is 22.6 Å². The minimum absolute atomic E-state index is 0.335. The third kappa shape index (κ3) is 6.42. The zero-order valence-electron chi connectivity index (χ0n) is 21.1. The van der Waals surface area contributed by atoms with Gasteiger partial charge in [0.15, 0.2) is 0 Å². The summed E-state index contributed by atoms with van der Waals surface area (Å²) in [5, 5.41) is 0. The second kappa shape index (κ2) is 11.3. The summed E-state index contributed by atoms with van der Waals surface area (Å²) in [6.45, 7) is 20.8. The first kappa shape index (κ1) is 27.0. The molecule has 0 aliphatic rings. The maximum Gasteiger partial charge on any atom is 0.134 e. The smallest absolute Gasteiger partial charge is 0.134 e. The first-order valence-corrected chi connectivity index (χ1v) is 14.2. The van der Waals surface area contributed by atoms with Crippen molar-refractivity contribution in [3.63, 3.8) is 0 Å². The van der Waals surface area contributed by atoms with Crippen LogP contribution in [0.3, 0.4) is 0 Å². The van der Waals surface area contributed by atoms with Crippen molar-refractivity contribution in [1.82, 2.24) is 0 Å². The van der Waals surface area contributed by atoms with Crippen molar-refractivity contribution >= 4 is 16.3 Å². The zero-order chi connectivity index (χ0) is 24.3. The molecular weight excluding hydrogens is 444 g/mol. The summed E-state index contributed by atoms with van der Waals surface area (Å²) in [6.07, 6.45) is 0. The van der Waals surface area contributed by atoms with Gasteiger partial charge in [0.2, 0.25) is 0 Å². The lowest BCUT2D eigenvalue weighted by atomic mass is 9.98. The first-order chi connectivity index (χ1) is 14.8. The highest BCUT2D eigenvalue weighted by atomic mass is 31.1. The van der Waals surface area contributed by atoms with Crippen molar-refractivity contribution in [1.29, 1.82) is 0 Å². The average Bonchev–Trinajstić information content (AvgIpc) is 2.64. The third-order valence-electron chi connectivity index (χ3n) is 5.20. The molecule has 0 saturated carbocycles. The molecule has 0 atom stereocenters. The van der Waals surface area contributed by atoms with E-state index in [2.05, 4.69) is 55.4 Å². The van der Waals surface area contributed by atoms with Gasteiger partial charge in [0.1, 0.15) is 23.1 Å². The van der Waals surface area contributed by atoms with Gasteiger partial charge in [-0.1, -0.05) is 55.4 Å². The van der Waals surface area contributed by atoms with Crippen molar-refractivity contribution in [2.24, 2.45) is 0 Å². The number of halogens is 2. The van der Waals surface area contributed by atoms with Crippen molar-refractivity contribution in [2.45, 2.75) is 91.9 Å². The lowest BCUT2D eigenvalue weighted by Crippen LogP contribution is -2.11. The van der Waals surface area contributed by atoms with Gasteiger partial charge in [0.05, 0.1) is 16.3 Å². The van der Waals surface area contributed by atoms with Crippen LogP contribution in [-0.2, 0) is 0 Å². The summed E-state index contributed by atoms with van der Waals surface area (Å²) >= 11 is 0. The molecule has 0 aliphatic heterocycles. The van der Waals surface area contributed by atoms with Crippen LogP contribution in [0.4, 0.5) is 8.78 Å². The van der Waals surface area contributed by atoms with Crippen LogP contribution in [0.2, 0.25) is 0 Å². The van der Waals surface area contributed by atoms with E-state index in [4.69, 9.17) is 9.05 Å². The van der Waals surface area contributed by atoms with Crippen LogP contribution < -0.4 is 9.05 Å². The van der Waals surface area contributed by atoms with Gasteiger partial charge in [-0.05, 0) is 49.2 Å².